The first kappa shape index (κ1) is 49.3. The number of benzene rings is 2. The Morgan fingerprint density at radius 2 is 1.25 bits per heavy atom. The van der Waals surface area contributed by atoms with Crippen molar-refractivity contribution in [1.29, 1.82) is 0 Å². The maximum absolute atomic E-state index is 12.8. The number of carbonyl (C=O) groups excluding carboxylic acids is 4. The van der Waals surface area contributed by atoms with Gasteiger partial charge in [0, 0.05) is 23.5 Å². The van der Waals surface area contributed by atoms with Gasteiger partial charge in [-0.2, -0.15) is 0 Å². The van der Waals surface area contributed by atoms with Crippen LogP contribution in [0.1, 0.15) is 30.5 Å². The zero-order valence-electron chi connectivity index (χ0n) is 36.2. The van der Waals surface area contributed by atoms with Crippen molar-refractivity contribution in [3.8, 4) is 11.5 Å². The summed E-state index contributed by atoms with van der Waals surface area (Å²) < 4.78 is 42.8. The second-order valence-corrected chi connectivity index (χ2v) is 14.9. The summed E-state index contributed by atoms with van der Waals surface area (Å²) in [4.78, 5) is 47.7. The van der Waals surface area contributed by atoms with Gasteiger partial charge >= 0.3 is 23.9 Å². The van der Waals surface area contributed by atoms with Crippen molar-refractivity contribution < 1.29 is 77.5 Å². The Morgan fingerprint density at radius 3 is 1.78 bits per heavy atom. The number of rotatable bonds is 21. The molecule has 4 N–H and O–H groups in total. The molecule has 65 heavy (non-hydrogen) atoms. The number of hydrogen-bond acceptors (Lipinski definition) is 16. The highest BCUT2D eigenvalue weighted by Gasteiger charge is 2.34. The number of carbonyl (C=O) groups is 4. The van der Waals surface area contributed by atoms with Crippen LogP contribution in [0.3, 0.4) is 0 Å². The molecule has 2 aliphatic heterocycles. The molecule has 0 bridgehead atoms. The summed E-state index contributed by atoms with van der Waals surface area (Å²) in [7, 11) is 0. The molecule has 6 atom stereocenters. The smallest absolute Gasteiger partial charge is 0.339 e. The second-order valence-electron chi connectivity index (χ2n) is 14.9. The number of allylic oxidation sites excluding steroid dienone is 2. The number of hydrogen-bond donors (Lipinski definition) is 4. The van der Waals surface area contributed by atoms with E-state index in [9.17, 15) is 29.4 Å². The SMILES string of the molecule is C=C(C)C(=O)OCC(O)COC1=CC2OC(=O)C(c3ccc(OCCO)cc3CC)=CC2C=C1.C=CC(=O)OCC(O)COC1=CC2OC(=O)C(c3ccc(OCCO)cc3)=CC2C=C1. The Kier molecular flexibility index (Phi) is 18.5. The molecule has 0 spiro atoms. The molecule has 2 aliphatic carbocycles. The first-order valence-corrected chi connectivity index (χ1v) is 20.9. The lowest BCUT2D eigenvalue weighted by Gasteiger charge is -2.29. The lowest BCUT2D eigenvalue weighted by molar-refractivity contribution is -0.143. The Bertz CT molecular complexity index is 2230. The summed E-state index contributed by atoms with van der Waals surface area (Å²) in [5, 5.41) is 37.6. The maximum Gasteiger partial charge on any atom is 0.339 e. The molecule has 0 radical (unpaired) electrons. The van der Waals surface area contributed by atoms with E-state index in [2.05, 4.69) is 13.2 Å². The summed E-state index contributed by atoms with van der Waals surface area (Å²) in [6.45, 7) is 9.94. The van der Waals surface area contributed by atoms with Gasteiger partial charge in [-0.25, -0.2) is 19.2 Å². The molecule has 2 aromatic rings. The fourth-order valence-corrected chi connectivity index (χ4v) is 6.60. The van der Waals surface area contributed by atoms with Gasteiger partial charge in [-0.15, -0.1) is 0 Å². The van der Waals surface area contributed by atoms with Crippen LogP contribution < -0.4 is 9.47 Å². The van der Waals surface area contributed by atoms with Crippen molar-refractivity contribution in [3.05, 3.63) is 144 Å². The molecule has 16 nitrogen and oxygen atoms in total. The van der Waals surface area contributed by atoms with Crippen LogP contribution in [0.15, 0.2) is 127 Å². The average Bonchev–Trinajstić information content (AvgIpc) is 3.31. The third-order valence-electron chi connectivity index (χ3n) is 9.88. The average molecular weight is 899 g/mol. The lowest BCUT2D eigenvalue weighted by Crippen LogP contribution is -2.31. The van der Waals surface area contributed by atoms with Crippen molar-refractivity contribution >= 4 is 35.0 Å². The van der Waals surface area contributed by atoms with Gasteiger partial charge in [0.25, 0.3) is 0 Å². The molecular weight excluding hydrogens is 845 g/mol. The zero-order chi connectivity index (χ0) is 46.9. The van der Waals surface area contributed by atoms with Crippen LogP contribution in [0, 0.1) is 11.8 Å². The molecule has 346 valence electrons. The molecule has 0 aromatic heterocycles. The Labute approximate surface area is 376 Å². The summed E-state index contributed by atoms with van der Waals surface area (Å²) in [5.41, 5.74) is 3.63. The molecule has 0 saturated carbocycles. The third-order valence-corrected chi connectivity index (χ3v) is 9.88. The van der Waals surface area contributed by atoms with Crippen LogP contribution in [-0.2, 0) is 54.0 Å². The van der Waals surface area contributed by atoms with Gasteiger partial charge in [-0.3, -0.25) is 0 Å². The van der Waals surface area contributed by atoms with E-state index in [1.54, 1.807) is 54.6 Å². The van der Waals surface area contributed by atoms with Crippen LogP contribution in [0.25, 0.3) is 11.1 Å². The van der Waals surface area contributed by atoms with E-state index in [0.717, 1.165) is 17.2 Å². The van der Waals surface area contributed by atoms with E-state index in [4.69, 9.17) is 48.1 Å². The van der Waals surface area contributed by atoms with Crippen LogP contribution in [-0.4, -0.2) is 122 Å². The highest BCUT2D eigenvalue weighted by atomic mass is 16.6. The summed E-state index contributed by atoms with van der Waals surface area (Å²) in [6, 6.07) is 12.4. The molecule has 0 saturated heterocycles. The maximum atomic E-state index is 12.8. The first-order chi connectivity index (χ1) is 31.3. The predicted molar refractivity (Wildman–Crippen MR) is 235 cm³/mol. The molecule has 0 fully saturated rings. The molecule has 4 aliphatic rings. The summed E-state index contributed by atoms with van der Waals surface area (Å²) in [5.74, 6) is -0.247. The quantitative estimate of drug-likeness (QED) is 0.0789. The minimum Gasteiger partial charge on any atom is -0.491 e. The van der Waals surface area contributed by atoms with E-state index in [1.807, 2.05) is 43.4 Å². The molecule has 0 amide bonds. The van der Waals surface area contributed by atoms with Gasteiger partial charge in [-0.05, 0) is 78.6 Å². The standard InChI is InChI=1S/C26H30O8.C23H24O8/c1-4-17-11-20(31-10-9-27)7-8-22(17)23-12-18-5-6-21(13-24(18)34-26(23)30)32-14-19(28)15-33-25(29)16(2)3;1-2-22(26)30-14-17(25)13-29-19-8-5-16-11-20(23(27)31-21(16)12-19)15-3-6-18(7-4-15)28-10-9-24/h5-8,11-13,18-19,24,27-28H,2,4,9-10,14-15H2,1,3H3;2-8,11-12,16-17,21,24-25H,1,9-10,13-14H2. The van der Waals surface area contributed by atoms with E-state index >= 15 is 0 Å². The van der Waals surface area contributed by atoms with Gasteiger partial charge in [0.05, 0.1) is 24.4 Å². The van der Waals surface area contributed by atoms with Crippen molar-refractivity contribution in [2.24, 2.45) is 11.8 Å². The molecule has 16 heteroatoms. The fourth-order valence-electron chi connectivity index (χ4n) is 6.60. The van der Waals surface area contributed by atoms with E-state index in [0.29, 0.717) is 46.1 Å². The van der Waals surface area contributed by atoms with Crippen LogP contribution in [0.4, 0.5) is 0 Å². The molecular formula is C49H54O16. The van der Waals surface area contributed by atoms with Gasteiger partial charge in [0.1, 0.15) is 87.1 Å². The highest BCUT2D eigenvalue weighted by molar-refractivity contribution is 6.18. The zero-order valence-corrected chi connectivity index (χ0v) is 36.2. The number of ether oxygens (including phenoxy) is 8. The second kappa shape index (κ2) is 24.4. The summed E-state index contributed by atoms with van der Waals surface area (Å²) >= 11 is 0. The van der Waals surface area contributed by atoms with Crippen LogP contribution >= 0.6 is 0 Å². The largest absolute Gasteiger partial charge is 0.491 e. The lowest BCUT2D eigenvalue weighted by atomic mass is 9.88. The third kappa shape index (κ3) is 14.4. The van der Waals surface area contributed by atoms with Gasteiger partial charge in [0.15, 0.2) is 0 Å². The Balaban J connectivity index is 0.000000245. The number of aryl methyl sites for hydroxylation is 1. The van der Waals surface area contributed by atoms with Gasteiger partial charge in [0.2, 0.25) is 0 Å². The van der Waals surface area contributed by atoms with Gasteiger partial charge < -0.3 is 58.3 Å². The first-order valence-electron chi connectivity index (χ1n) is 20.9. The van der Waals surface area contributed by atoms with Crippen molar-refractivity contribution in [2.45, 2.75) is 44.7 Å². The number of fused-ring (bicyclic) bond motifs is 2. The Hall–Kier alpha value is -6.72. The Morgan fingerprint density at radius 1 is 0.723 bits per heavy atom. The monoisotopic (exact) mass is 898 g/mol. The minimum atomic E-state index is -1.01. The predicted octanol–water partition coefficient (Wildman–Crippen LogP) is 4.04. The van der Waals surface area contributed by atoms with E-state index in [1.165, 1.54) is 6.92 Å². The van der Waals surface area contributed by atoms with Crippen LogP contribution in [0.5, 0.6) is 11.5 Å². The number of aliphatic hydroxyl groups excluding tert-OH is 4. The fraction of sp³-hybridized carbons (Fsp3) is 0.347. The topological polar surface area (TPSA) is 223 Å². The van der Waals surface area contributed by atoms with Crippen molar-refractivity contribution in [2.75, 3.05) is 52.9 Å². The molecule has 6 unspecified atom stereocenters. The molecule has 6 rings (SSSR count). The number of aliphatic hydroxyl groups is 4. The van der Waals surface area contributed by atoms with Crippen molar-refractivity contribution in [1.82, 2.24) is 0 Å². The van der Waals surface area contributed by atoms with Crippen molar-refractivity contribution in [3.63, 3.8) is 0 Å². The number of esters is 4. The molecule has 2 heterocycles. The van der Waals surface area contributed by atoms with E-state index < -0.39 is 48.3 Å². The normalized spacial score (nSPS) is 20.2. The molecule has 2 aromatic carbocycles. The summed E-state index contributed by atoms with van der Waals surface area (Å²) in [6.07, 6.45) is 13.0. The van der Waals surface area contributed by atoms with Crippen LogP contribution in [0.2, 0.25) is 0 Å². The highest BCUT2D eigenvalue weighted by Crippen LogP contribution is 2.35. The van der Waals surface area contributed by atoms with E-state index in [-0.39, 0.29) is 70.3 Å². The van der Waals surface area contributed by atoms with Gasteiger partial charge in [-0.1, -0.05) is 62.6 Å². The minimum absolute atomic E-state index is 0.0727.